The van der Waals surface area contributed by atoms with Crippen LogP contribution >= 0.6 is 0 Å². The maximum Gasteiger partial charge on any atom is 0.315 e. The van der Waals surface area contributed by atoms with E-state index in [4.69, 9.17) is 9.26 Å². The quantitative estimate of drug-likeness (QED) is 0.0706. The van der Waals surface area contributed by atoms with E-state index >= 15 is 4.39 Å². The second-order valence-corrected chi connectivity index (χ2v) is 17.4. The third-order valence-electron chi connectivity index (χ3n) is 11.6. The Bertz CT molecular complexity index is 2790. The van der Waals surface area contributed by atoms with Crippen LogP contribution in [0.15, 0.2) is 53.3 Å². The van der Waals surface area contributed by atoms with Gasteiger partial charge in [0, 0.05) is 48.1 Å². The number of rotatable bonds is 12. The second kappa shape index (κ2) is 15.9. The molecule has 17 heteroatoms. The number of aromatic nitrogens is 5. The Morgan fingerprint density at radius 2 is 1.89 bits per heavy atom. The molecule has 0 saturated carbocycles. The highest BCUT2D eigenvalue weighted by atomic mass is 19.1. The fraction of sp³-hybridized carbons (Fsp3) is 0.378. The van der Waals surface area contributed by atoms with Crippen molar-refractivity contribution in [1.29, 1.82) is 0 Å². The van der Waals surface area contributed by atoms with E-state index in [1.165, 1.54) is 12.4 Å². The van der Waals surface area contributed by atoms with Crippen LogP contribution in [0.3, 0.4) is 0 Å². The van der Waals surface area contributed by atoms with Crippen LogP contribution in [0.4, 0.5) is 15.8 Å². The van der Waals surface area contributed by atoms with Gasteiger partial charge >= 0.3 is 11.8 Å². The Kier molecular flexibility index (Phi) is 10.8. The van der Waals surface area contributed by atoms with Crippen molar-refractivity contribution in [2.75, 3.05) is 30.4 Å². The van der Waals surface area contributed by atoms with Gasteiger partial charge in [-0.2, -0.15) is 4.98 Å². The van der Waals surface area contributed by atoms with Crippen molar-refractivity contribution in [1.82, 2.24) is 41.0 Å². The zero-order chi connectivity index (χ0) is 44.2. The van der Waals surface area contributed by atoms with Gasteiger partial charge in [-0.15, -0.1) is 0 Å². The number of H-pyrrole nitrogens is 1. The molecule has 1 saturated heterocycles. The maximum atomic E-state index is 16.1. The molecule has 0 aliphatic carbocycles. The van der Waals surface area contributed by atoms with Crippen molar-refractivity contribution in [3.05, 3.63) is 88.6 Å². The number of amides is 4. The van der Waals surface area contributed by atoms with Gasteiger partial charge in [0.2, 0.25) is 17.7 Å². The first-order valence-corrected chi connectivity index (χ1v) is 20.5. The molecule has 62 heavy (non-hydrogen) atoms. The van der Waals surface area contributed by atoms with Crippen LogP contribution in [0, 0.1) is 12.7 Å². The van der Waals surface area contributed by atoms with Crippen molar-refractivity contribution in [2.45, 2.75) is 90.8 Å². The van der Waals surface area contributed by atoms with E-state index < -0.39 is 40.5 Å². The number of nitrogens with zero attached hydrogens (tertiary/aromatic N) is 5. The number of aryl methyl sites for hydroxylation is 1. The standard InChI is InChI=1S/C45H49FN10O6/c1-22-15-26(29(46)17-25(22)23(2)51-40(59)41-54-42(55-62-41)44(3,4)5)37-36-27-18-34(61-8)31(19-30(27)52-38(36)50-21-49-37)48-14-13-47-20-24-9-10-32-28(16-24)45(6,7)43(60)56(32)33-11-12-35(57)53-39(33)58/h9-10,15-19,21,23,33,47-48H,11-14,20H2,1-8H3,(H,51,59)(H,49,50,52)(H,53,57,58)/t23-,33?/m1/s1. The summed E-state index contributed by atoms with van der Waals surface area (Å²) < 4.78 is 27.1. The lowest BCUT2D eigenvalue weighted by atomic mass is 9.85. The summed E-state index contributed by atoms with van der Waals surface area (Å²) in [6.07, 6.45) is 1.87. The lowest BCUT2D eigenvalue weighted by Gasteiger charge is -2.31. The number of ether oxygens (including phenoxy) is 1. The van der Waals surface area contributed by atoms with Crippen molar-refractivity contribution >= 4 is 56.9 Å². The summed E-state index contributed by atoms with van der Waals surface area (Å²) >= 11 is 0. The second-order valence-electron chi connectivity index (χ2n) is 17.4. The van der Waals surface area contributed by atoms with Crippen LogP contribution in [0.25, 0.3) is 33.2 Å². The van der Waals surface area contributed by atoms with Gasteiger partial charge in [-0.05, 0) is 86.7 Å². The number of anilines is 2. The minimum Gasteiger partial charge on any atom is -0.495 e. The number of piperidine rings is 1. The number of carbonyl (C=O) groups excluding carboxylic acids is 4. The number of halogens is 1. The van der Waals surface area contributed by atoms with Gasteiger partial charge in [-0.25, -0.2) is 14.4 Å². The lowest BCUT2D eigenvalue weighted by Crippen LogP contribution is -2.55. The van der Waals surface area contributed by atoms with Crippen LogP contribution in [-0.2, 0) is 31.8 Å². The molecular weight excluding hydrogens is 796 g/mol. The maximum absolute atomic E-state index is 16.1. The Balaban J connectivity index is 0.951. The summed E-state index contributed by atoms with van der Waals surface area (Å²) in [4.78, 5) is 69.1. The molecule has 16 nitrogen and oxygen atoms in total. The zero-order valence-electron chi connectivity index (χ0n) is 35.9. The molecule has 3 aromatic carbocycles. The minimum absolute atomic E-state index is 0.163. The summed E-state index contributed by atoms with van der Waals surface area (Å²) in [5, 5.41) is 17.4. The molecule has 3 aromatic heterocycles. The number of methoxy groups -OCH3 is 1. The number of imide groups is 1. The molecule has 2 atom stereocenters. The summed E-state index contributed by atoms with van der Waals surface area (Å²) in [6, 6.07) is 11.5. The average molecular weight is 845 g/mol. The largest absolute Gasteiger partial charge is 0.495 e. The van der Waals surface area contributed by atoms with E-state index in [0.29, 0.717) is 59.2 Å². The van der Waals surface area contributed by atoms with E-state index in [-0.39, 0.29) is 36.1 Å². The van der Waals surface area contributed by atoms with Gasteiger partial charge in [0.05, 0.1) is 40.9 Å². The first kappa shape index (κ1) is 42.0. The van der Waals surface area contributed by atoms with Crippen molar-refractivity contribution in [3.8, 4) is 17.0 Å². The molecule has 1 unspecified atom stereocenters. The fourth-order valence-electron chi connectivity index (χ4n) is 8.25. The monoisotopic (exact) mass is 844 g/mol. The Morgan fingerprint density at radius 1 is 1.10 bits per heavy atom. The number of hydrogen-bond donors (Lipinski definition) is 5. The normalized spacial score (nSPS) is 16.8. The number of hydrogen-bond acceptors (Lipinski definition) is 12. The van der Waals surface area contributed by atoms with E-state index in [0.717, 1.165) is 33.3 Å². The van der Waals surface area contributed by atoms with Crippen molar-refractivity contribution in [2.24, 2.45) is 0 Å². The van der Waals surface area contributed by atoms with Gasteiger partial charge in [-0.1, -0.05) is 38.1 Å². The number of carbonyl (C=O) groups is 4. The molecule has 4 amide bonds. The summed E-state index contributed by atoms with van der Waals surface area (Å²) in [5.41, 5.74) is 5.33. The fourth-order valence-corrected chi connectivity index (χ4v) is 8.25. The molecule has 5 heterocycles. The van der Waals surface area contributed by atoms with Crippen molar-refractivity contribution < 1.29 is 32.8 Å². The van der Waals surface area contributed by atoms with Crippen LogP contribution in [0.5, 0.6) is 5.75 Å². The van der Waals surface area contributed by atoms with Gasteiger partial charge in [-0.3, -0.25) is 29.4 Å². The highest BCUT2D eigenvalue weighted by Crippen LogP contribution is 2.44. The molecule has 1 fully saturated rings. The average Bonchev–Trinajstić information content (AvgIpc) is 3.92. The lowest BCUT2D eigenvalue weighted by molar-refractivity contribution is -0.136. The Hall–Kier alpha value is -6.75. The van der Waals surface area contributed by atoms with Crippen LogP contribution in [-0.4, -0.2) is 75.0 Å². The van der Waals surface area contributed by atoms with Gasteiger partial charge < -0.3 is 30.2 Å². The third kappa shape index (κ3) is 7.61. The number of fused-ring (bicyclic) bond motifs is 4. The minimum atomic E-state index is -0.828. The number of nitrogens with one attached hydrogen (secondary N) is 5. The molecule has 6 aromatic rings. The third-order valence-corrected chi connectivity index (χ3v) is 11.6. The molecule has 0 radical (unpaired) electrons. The number of aromatic amines is 1. The summed E-state index contributed by atoms with van der Waals surface area (Å²) in [7, 11) is 1.59. The topological polar surface area (TPSA) is 209 Å². The predicted molar refractivity (Wildman–Crippen MR) is 230 cm³/mol. The summed E-state index contributed by atoms with van der Waals surface area (Å²) in [6.45, 7) is 14.8. The molecular formula is C45H49FN10O6. The highest BCUT2D eigenvalue weighted by molar-refractivity contribution is 6.14. The first-order chi connectivity index (χ1) is 29.5. The van der Waals surface area contributed by atoms with E-state index in [1.807, 2.05) is 71.9 Å². The van der Waals surface area contributed by atoms with Crippen LogP contribution in [0.1, 0.15) is 99.2 Å². The van der Waals surface area contributed by atoms with Crippen molar-refractivity contribution in [3.63, 3.8) is 0 Å². The van der Waals surface area contributed by atoms with Gasteiger partial charge in [0.25, 0.3) is 0 Å². The zero-order valence-corrected chi connectivity index (χ0v) is 35.9. The molecule has 2 aliphatic heterocycles. The highest BCUT2D eigenvalue weighted by Gasteiger charge is 2.49. The van der Waals surface area contributed by atoms with Gasteiger partial charge in [0.1, 0.15) is 29.6 Å². The molecule has 2 aliphatic rings. The molecule has 322 valence electrons. The molecule has 0 bridgehead atoms. The smallest absolute Gasteiger partial charge is 0.315 e. The molecule has 0 spiro atoms. The predicted octanol–water partition coefficient (Wildman–Crippen LogP) is 6.04. The molecule has 5 N–H and O–H groups in total. The van der Waals surface area contributed by atoms with Crippen LogP contribution < -0.4 is 30.9 Å². The van der Waals surface area contributed by atoms with Gasteiger partial charge in [0.15, 0.2) is 5.82 Å². The Morgan fingerprint density at radius 3 is 2.61 bits per heavy atom. The summed E-state index contributed by atoms with van der Waals surface area (Å²) in [5.74, 6) is -1.18. The molecule has 8 rings (SSSR count). The Labute approximate surface area is 356 Å². The number of benzene rings is 3. The van der Waals surface area contributed by atoms with E-state index in [9.17, 15) is 19.2 Å². The van der Waals surface area contributed by atoms with Crippen LogP contribution in [0.2, 0.25) is 0 Å². The van der Waals surface area contributed by atoms with E-state index in [2.05, 4.69) is 46.4 Å². The first-order valence-electron chi connectivity index (χ1n) is 20.5. The van der Waals surface area contributed by atoms with E-state index in [1.54, 1.807) is 25.0 Å². The SMILES string of the molecule is COc1cc2c(cc1NCCNCc1ccc3c(c1)C(C)(C)C(=O)N3C1CCC(=O)NC1=O)[nH]c1ncnc(-c3cc(C)c([C@@H](C)NC(=O)c4nc(C(C)(C)C)no4)cc3F)c12.